The zero-order valence-electron chi connectivity index (χ0n) is 19.8. The Hall–Kier alpha value is -3.87. The van der Waals surface area contributed by atoms with Gasteiger partial charge >= 0.3 is 6.18 Å². The third-order valence-electron chi connectivity index (χ3n) is 5.90. The van der Waals surface area contributed by atoms with Crippen molar-refractivity contribution < 1.29 is 17.6 Å². The Labute approximate surface area is 217 Å². The van der Waals surface area contributed by atoms with E-state index < -0.39 is 28.8 Å². The Morgan fingerprint density at radius 1 is 1.08 bits per heavy atom. The van der Waals surface area contributed by atoms with E-state index in [9.17, 15) is 27.2 Å². The molecule has 200 valence electrons. The number of hydrogen-bond acceptors (Lipinski definition) is 7. The Morgan fingerprint density at radius 2 is 1.79 bits per heavy atom. The SMILES string of the molecule is Nc1cn[nH]c(=O)c1C(F)(F)F.O=c1c2cc(F)c(-c3ncc(Cl)cn3)cc2ncn1CCCCC1CC1. The first kappa shape index (κ1) is 27.2. The van der Waals surface area contributed by atoms with E-state index in [-0.39, 0.29) is 22.3 Å². The van der Waals surface area contributed by atoms with Gasteiger partial charge in [0.05, 0.1) is 39.7 Å². The maximum atomic E-state index is 14.5. The molecule has 0 unspecified atom stereocenters. The van der Waals surface area contributed by atoms with Crippen LogP contribution in [0.1, 0.15) is 37.7 Å². The fourth-order valence-corrected chi connectivity index (χ4v) is 3.88. The number of unbranched alkanes of at least 4 members (excludes halogenated alkanes) is 1. The number of rotatable bonds is 6. The number of fused-ring (bicyclic) bond motifs is 1. The molecule has 3 N–H and O–H groups in total. The summed E-state index contributed by atoms with van der Waals surface area (Å²) < 4.78 is 52.0. The molecule has 1 aromatic carbocycles. The van der Waals surface area contributed by atoms with Crippen LogP contribution in [-0.4, -0.2) is 29.7 Å². The maximum Gasteiger partial charge on any atom is 0.423 e. The van der Waals surface area contributed by atoms with Crippen molar-refractivity contribution in [2.45, 2.75) is 44.8 Å². The van der Waals surface area contributed by atoms with Crippen molar-refractivity contribution in [1.82, 2.24) is 29.7 Å². The normalized spacial score (nSPS) is 13.3. The van der Waals surface area contributed by atoms with Crippen molar-refractivity contribution in [3.8, 4) is 11.4 Å². The molecule has 9 nitrogen and oxygen atoms in total. The summed E-state index contributed by atoms with van der Waals surface area (Å²) in [5, 5.41) is 5.38. The smallest absolute Gasteiger partial charge is 0.397 e. The lowest BCUT2D eigenvalue weighted by atomic mass is 10.1. The van der Waals surface area contributed by atoms with Crippen LogP contribution in [-0.2, 0) is 12.7 Å². The van der Waals surface area contributed by atoms with E-state index in [0.717, 1.165) is 25.0 Å². The minimum absolute atomic E-state index is 0.197. The zero-order valence-corrected chi connectivity index (χ0v) is 20.6. The number of nitrogens with zero attached hydrogens (tertiary/aromatic N) is 5. The molecule has 38 heavy (non-hydrogen) atoms. The predicted octanol–water partition coefficient (Wildman–Crippen LogP) is 4.60. The Kier molecular flexibility index (Phi) is 8.05. The summed E-state index contributed by atoms with van der Waals surface area (Å²) in [5.41, 5.74) is 1.90. The molecule has 4 aromatic rings. The van der Waals surface area contributed by atoms with Gasteiger partial charge in [0.2, 0.25) is 0 Å². The Morgan fingerprint density at radius 3 is 2.39 bits per heavy atom. The van der Waals surface area contributed by atoms with E-state index in [1.165, 1.54) is 50.1 Å². The third-order valence-corrected chi connectivity index (χ3v) is 6.10. The fraction of sp³-hybridized carbons (Fsp3) is 0.333. The van der Waals surface area contributed by atoms with Crippen LogP contribution in [0.25, 0.3) is 22.3 Å². The highest BCUT2D eigenvalue weighted by Gasteiger charge is 2.36. The summed E-state index contributed by atoms with van der Waals surface area (Å²) in [4.78, 5) is 35.6. The van der Waals surface area contributed by atoms with E-state index >= 15 is 0 Å². The number of nitrogen functional groups attached to an aromatic ring is 1. The highest BCUT2D eigenvalue weighted by molar-refractivity contribution is 6.30. The van der Waals surface area contributed by atoms with Gasteiger partial charge in [0.25, 0.3) is 11.1 Å². The van der Waals surface area contributed by atoms with Gasteiger partial charge in [0.15, 0.2) is 5.82 Å². The van der Waals surface area contributed by atoms with E-state index in [4.69, 9.17) is 17.3 Å². The maximum absolute atomic E-state index is 14.5. The zero-order chi connectivity index (χ0) is 27.4. The molecule has 1 aliphatic carbocycles. The van der Waals surface area contributed by atoms with Crippen molar-refractivity contribution in [3.05, 3.63) is 74.2 Å². The molecule has 0 aliphatic heterocycles. The number of nitrogens with two attached hydrogens (primary N) is 1. The van der Waals surface area contributed by atoms with Crippen molar-refractivity contribution in [2.75, 3.05) is 5.73 Å². The highest BCUT2D eigenvalue weighted by atomic mass is 35.5. The lowest BCUT2D eigenvalue weighted by Gasteiger charge is -2.08. The van der Waals surface area contributed by atoms with Crippen LogP contribution in [0, 0.1) is 11.7 Å². The number of hydrogen-bond donors (Lipinski definition) is 2. The summed E-state index contributed by atoms with van der Waals surface area (Å²) in [6.45, 7) is 0.609. The van der Waals surface area contributed by atoms with Crippen molar-refractivity contribution in [3.63, 3.8) is 0 Å². The summed E-state index contributed by atoms with van der Waals surface area (Å²) in [5.74, 6) is 0.550. The average Bonchev–Trinajstić information content (AvgIpc) is 3.68. The van der Waals surface area contributed by atoms with Gasteiger partial charge in [-0.3, -0.25) is 14.2 Å². The molecule has 0 atom stereocenters. The number of H-pyrrole nitrogens is 1. The highest BCUT2D eigenvalue weighted by Crippen LogP contribution is 2.34. The van der Waals surface area contributed by atoms with Gasteiger partial charge in [-0.2, -0.15) is 18.3 Å². The van der Waals surface area contributed by atoms with Crippen LogP contribution in [0.2, 0.25) is 5.02 Å². The molecule has 14 heteroatoms. The molecule has 1 fully saturated rings. The van der Waals surface area contributed by atoms with Crippen molar-refractivity contribution in [1.29, 1.82) is 0 Å². The van der Waals surface area contributed by atoms with E-state index in [2.05, 4.69) is 20.1 Å². The average molecular weight is 552 g/mol. The minimum Gasteiger partial charge on any atom is -0.397 e. The molecule has 0 amide bonds. The molecule has 0 spiro atoms. The molecule has 1 aliphatic rings. The van der Waals surface area contributed by atoms with Gasteiger partial charge in [-0.1, -0.05) is 37.3 Å². The first-order valence-electron chi connectivity index (χ1n) is 11.6. The summed E-state index contributed by atoms with van der Waals surface area (Å²) in [6.07, 6.45) is 6.30. The largest absolute Gasteiger partial charge is 0.423 e. The monoisotopic (exact) mass is 551 g/mol. The number of alkyl halides is 3. The van der Waals surface area contributed by atoms with Gasteiger partial charge in [0, 0.05) is 18.9 Å². The molecular weight excluding hydrogens is 530 g/mol. The molecule has 0 bridgehead atoms. The molecule has 0 saturated heterocycles. The lowest BCUT2D eigenvalue weighted by Crippen LogP contribution is -2.24. The van der Waals surface area contributed by atoms with Gasteiger partial charge in [-0.05, 0) is 24.5 Å². The van der Waals surface area contributed by atoms with Crippen LogP contribution in [0.15, 0.2) is 46.6 Å². The Bertz CT molecular complexity index is 1550. The number of aromatic amines is 1. The second-order valence-corrected chi connectivity index (χ2v) is 9.22. The van der Waals surface area contributed by atoms with E-state index in [1.54, 1.807) is 9.67 Å². The molecule has 0 radical (unpaired) electrons. The van der Waals surface area contributed by atoms with E-state index in [1.807, 2.05) is 0 Å². The van der Waals surface area contributed by atoms with Gasteiger partial charge in [-0.15, -0.1) is 0 Å². The number of halogens is 5. The van der Waals surface area contributed by atoms with Crippen LogP contribution in [0.4, 0.5) is 23.2 Å². The molecular formula is C24H22ClF4N7O2. The first-order valence-corrected chi connectivity index (χ1v) is 12.0. The minimum atomic E-state index is -4.74. The second-order valence-electron chi connectivity index (χ2n) is 8.78. The quantitative estimate of drug-likeness (QED) is 0.264. The molecule has 3 aromatic heterocycles. The molecule has 1 saturated carbocycles. The predicted molar refractivity (Wildman–Crippen MR) is 133 cm³/mol. The summed E-state index contributed by atoms with van der Waals surface area (Å²) >= 11 is 5.77. The summed E-state index contributed by atoms with van der Waals surface area (Å²) in [6, 6.07) is 2.73. The van der Waals surface area contributed by atoms with E-state index in [0.29, 0.717) is 17.1 Å². The van der Waals surface area contributed by atoms with Gasteiger partial charge in [0.1, 0.15) is 11.4 Å². The van der Waals surface area contributed by atoms with Crippen LogP contribution >= 0.6 is 11.6 Å². The van der Waals surface area contributed by atoms with Crippen molar-refractivity contribution >= 4 is 28.2 Å². The van der Waals surface area contributed by atoms with Crippen LogP contribution in [0.5, 0.6) is 0 Å². The van der Waals surface area contributed by atoms with Gasteiger partial charge in [-0.25, -0.2) is 24.4 Å². The third kappa shape index (κ3) is 6.52. The number of aryl methyl sites for hydroxylation is 1. The molecule has 3 heterocycles. The first-order chi connectivity index (χ1) is 18.0. The number of aromatic nitrogens is 6. The number of nitrogens with one attached hydrogen (secondary N) is 1. The molecule has 5 rings (SSSR count). The topological polar surface area (TPSA) is 132 Å². The number of benzene rings is 1. The lowest BCUT2D eigenvalue weighted by molar-refractivity contribution is -0.138. The second kappa shape index (κ2) is 11.3. The van der Waals surface area contributed by atoms with Gasteiger partial charge < -0.3 is 5.73 Å². The summed E-state index contributed by atoms with van der Waals surface area (Å²) in [7, 11) is 0. The Balaban J connectivity index is 0.000000236. The van der Waals surface area contributed by atoms with Crippen LogP contribution < -0.4 is 16.9 Å². The number of anilines is 1. The standard InChI is InChI=1S/C19H18ClFN4O.C5H4F3N3O/c20-13-9-22-18(23-10-13)14-8-17-15(7-16(14)21)19(26)25(11-24-17)6-2-1-3-12-4-5-12;6-5(7,8)3-2(9)1-10-11-4(3)12/h7-12H,1-6H2;1H,(H3,9,11,12). The fourth-order valence-electron chi connectivity index (χ4n) is 3.79. The van der Waals surface area contributed by atoms with Crippen LogP contribution in [0.3, 0.4) is 0 Å². The van der Waals surface area contributed by atoms with Crippen molar-refractivity contribution in [2.24, 2.45) is 5.92 Å².